The van der Waals surface area contributed by atoms with E-state index in [0.717, 1.165) is 25.8 Å². The van der Waals surface area contributed by atoms with Crippen LogP contribution < -0.4 is 0 Å². The number of nitrogens with one attached hydrogen (secondary N) is 2. The average Bonchev–Trinajstić information content (AvgIpc) is 3.17. The Morgan fingerprint density at radius 1 is 1.11 bits per heavy atom. The fourth-order valence-corrected chi connectivity index (χ4v) is 2.14. The van der Waals surface area contributed by atoms with Crippen molar-refractivity contribution in [1.29, 1.82) is 0 Å². The average molecular weight is 371 g/mol. The van der Waals surface area contributed by atoms with Gasteiger partial charge in [-0.2, -0.15) is 10.2 Å². The highest BCUT2D eigenvalue weighted by atomic mass is 127. The molecule has 0 saturated heterocycles. The van der Waals surface area contributed by atoms with Crippen molar-refractivity contribution >= 4 is 44.7 Å². The summed E-state index contributed by atoms with van der Waals surface area (Å²) in [5, 5.41) is 15.5. The molecule has 6 nitrogen and oxygen atoms in total. The van der Waals surface area contributed by atoms with Crippen molar-refractivity contribution in [3.8, 4) is 0 Å². The molecule has 0 saturated carbocycles. The molecule has 19 heavy (non-hydrogen) atoms. The Labute approximate surface area is 126 Å². The number of nitrogens with zero attached hydrogens (tertiary/aromatic N) is 4. The van der Waals surface area contributed by atoms with E-state index >= 15 is 0 Å². The normalized spacial score (nSPS) is 10.8. The van der Waals surface area contributed by atoms with Crippen LogP contribution in [0.4, 0.5) is 0 Å². The highest BCUT2D eigenvalue weighted by Crippen LogP contribution is 2.13. The summed E-state index contributed by atoms with van der Waals surface area (Å²) in [5.41, 5.74) is 1.63. The van der Waals surface area contributed by atoms with Crippen molar-refractivity contribution < 1.29 is 4.40 Å². The summed E-state index contributed by atoms with van der Waals surface area (Å²) in [4.78, 5) is 8.08. The first kappa shape index (κ1) is 10.9. The monoisotopic (exact) mass is 371 g/mol. The fourth-order valence-electron chi connectivity index (χ4n) is 1.60. The van der Waals surface area contributed by atoms with Crippen molar-refractivity contribution in [2.45, 2.75) is 0 Å². The molecular weight excluding hydrogens is 355 g/mol. The SMILES string of the molecule is Ic1[nH]nc2ncccc12.[2HH].[2H][2H].c1cnc2[nH]ncc2c1. The molecule has 4 aromatic rings. The first-order valence-electron chi connectivity index (χ1n) is 6.53. The van der Waals surface area contributed by atoms with Crippen LogP contribution in [-0.2, 0) is 0 Å². The zero-order valence-electron chi connectivity index (χ0n) is 11.7. The number of hydrogen-bond acceptors (Lipinski definition) is 4. The Morgan fingerprint density at radius 2 is 1.95 bits per heavy atom. The molecule has 0 aromatic carbocycles. The molecule has 0 amide bonds. The highest BCUT2D eigenvalue weighted by molar-refractivity contribution is 14.1. The molecule has 4 rings (SSSR count). The topological polar surface area (TPSA) is 83.1 Å². The third kappa shape index (κ3) is 2.55. The van der Waals surface area contributed by atoms with Gasteiger partial charge in [-0.3, -0.25) is 10.2 Å². The second-order valence-corrected chi connectivity index (χ2v) is 4.80. The minimum absolute atomic E-state index is 0. The van der Waals surface area contributed by atoms with Crippen molar-refractivity contribution in [2.24, 2.45) is 0 Å². The summed E-state index contributed by atoms with van der Waals surface area (Å²) < 4.78 is 11.0. The first-order chi connectivity index (χ1) is 10.3. The van der Waals surface area contributed by atoms with Gasteiger partial charge >= 0.3 is 0 Å². The molecule has 0 aliphatic heterocycles. The van der Waals surface area contributed by atoms with Crippen molar-refractivity contribution in [3.05, 3.63) is 46.6 Å². The van der Waals surface area contributed by atoms with Crippen LogP contribution in [0.5, 0.6) is 0 Å². The molecule has 98 valence electrons. The minimum atomic E-state index is 0. The zero-order valence-corrected chi connectivity index (χ0v) is 11.9. The van der Waals surface area contributed by atoms with Crippen LogP contribution in [0.15, 0.2) is 42.9 Å². The Morgan fingerprint density at radius 3 is 2.79 bits per heavy atom. The van der Waals surface area contributed by atoms with E-state index in [1.165, 1.54) is 0 Å². The van der Waals surface area contributed by atoms with Gasteiger partial charge in [-0.1, -0.05) is 0 Å². The van der Waals surface area contributed by atoms with E-state index in [2.05, 4.69) is 53.0 Å². The molecule has 0 atom stereocenters. The molecule has 0 spiro atoms. The zero-order chi connectivity index (χ0) is 15.1. The smallest absolute Gasteiger partial charge is 0.181 e. The van der Waals surface area contributed by atoms with Gasteiger partial charge in [0.15, 0.2) is 11.3 Å². The molecule has 4 aromatic heterocycles. The van der Waals surface area contributed by atoms with Gasteiger partial charge in [-0.05, 0) is 46.9 Å². The largest absolute Gasteiger partial charge is 0.269 e. The maximum atomic E-state index is 5.00. The van der Waals surface area contributed by atoms with Crippen LogP contribution >= 0.6 is 22.6 Å². The first-order valence-corrected chi connectivity index (χ1v) is 6.61. The molecule has 0 radical (unpaired) electrons. The number of H-pyrrole nitrogens is 2. The third-order valence-corrected chi connectivity index (χ3v) is 3.32. The lowest BCUT2D eigenvalue weighted by atomic mass is 10.4. The molecule has 0 aliphatic carbocycles. The molecule has 2 N–H and O–H groups in total. The summed E-state index contributed by atoms with van der Waals surface area (Å²) >= 11 is 2.20. The number of pyridine rings is 2. The van der Waals surface area contributed by atoms with E-state index in [4.69, 9.17) is 2.97 Å². The lowest BCUT2D eigenvalue weighted by Gasteiger charge is -1.82. The highest BCUT2D eigenvalue weighted by Gasteiger charge is 1.99. The van der Waals surface area contributed by atoms with Gasteiger partial charge < -0.3 is 0 Å². The lowest BCUT2D eigenvalue weighted by molar-refractivity contribution is 1.08. The number of aromatic nitrogens is 6. The summed E-state index contributed by atoms with van der Waals surface area (Å²) in [6.07, 6.45) is 5.22. The quantitative estimate of drug-likeness (QED) is 0.466. The predicted molar refractivity (Wildman–Crippen MR) is 84.7 cm³/mol. The molecule has 4 heterocycles. The summed E-state index contributed by atoms with van der Waals surface area (Å²) in [6, 6.07) is 7.75. The lowest BCUT2D eigenvalue weighted by Crippen LogP contribution is -1.71. The van der Waals surface area contributed by atoms with Gasteiger partial charge in [-0.25, -0.2) is 9.97 Å². The van der Waals surface area contributed by atoms with Crippen LogP contribution in [0.3, 0.4) is 0 Å². The second kappa shape index (κ2) is 5.31. The summed E-state index contributed by atoms with van der Waals surface area (Å²) in [6.45, 7) is 0. The minimum Gasteiger partial charge on any atom is -0.269 e. The van der Waals surface area contributed by atoms with Crippen LogP contribution in [0.1, 0.15) is 4.40 Å². The summed E-state index contributed by atoms with van der Waals surface area (Å²) in [5.74, 6) is 0. The molecule has 0 fully saturated rings. The maximum absolute atomic E-state index is 5.00. The number of rotatable bonds is 0. The van der Waals surface area contributed by atoms with Gasteiger partial charge in [0, 0.05) is 22.2 Å². The molecular formula is C12H13IN6. The Kier molecular flexibility index (Phi) is 3.03. The molecule has 0 unspecified atom stereocenters. The molecule has 0 bridgehead atoms. The van der Waals surface area contributed by atoms with Crippen molar-refractivity contribution in [3.63, 3.8) is 0 Å². The predicted octanol–water partition coefficient (Wildman–Crippen LogP) is 3.01. The van der Waals surface area contributed by atoms with Gasteiger partial charge in [0.2, 0.25) is 0 Å². The summed E-state index contributed by atoms with van der Waals surface area (Å²) in [7, 11) is 0. The van der Waals surface area contributed by atoms with Gasteiger partial charge in [-0.15, -0.1) is 0 Å². The number of fused-ring (bicyclic) bond motifs is 2. The second-order valence-electron chi connectivity index (χ2n) is 3.72. The van der Waals surface area contributed by atoms with Crippen LogP contribution in [-0.4, -0.2) is 30.4 Å². The van der Waals surface area contributed by atoms with E-state index < -0.39 is 0 Å². The van der Waals surface area contributed by atoms with E-state index in [1.807, 2.05) is 24.3 Å². The van der Waals surface area contributed by atoms with E-state index in [0.29, 0.717) is 0 Å². The van der Waals surface area contributed by atoms with E-state index in [1.54, 1.807) is 18.6 Å². The van der Waals surface area contributed by atoms with Gasteiger partial charge in [0.05, 0.1) is 11.6 Å². The van der Waals surface area contributed by atoms with E-state index in [-0.39, 0.29) is 1.43 Å². The molecule has 7 heteroatoms. The van der Waals surface area contributed by atoms with Gasteiger partial charge in [0.1, 0.15) is 3.70 Å². The Balaban J connectivity index is 0.000000191. The third-order valence-electron chi connectivity index (χ3n) is 2.50. The molecule has 0 aliphatic rings. The Hall–Kier alpha value is -2.03. The van der Waals surface area contributed by atoms with E-state index in [9.17, 15) is 0 Å². The van der Waals surface area contributed by atoms with Crippen molar-refractivity contribution in [1.82, 2.24) is 30.4 Å². The maximum Gasteiger partial charge on any atom is 0.181 e. The fraction of sp³-hybridized carbons (Fsp3) is 0. The number of aromatic amines is 2. The number of hydrogen-bond donors (Lipinski definition) is 2. The van der Waals surface area contributed by atoms with Crippen LogP contribution in [0.25, 0.3) is 22.1 Å². The van der Waals surface area contributed by atoms with Crippen molar-refractivity contribution in [2.75, 3.05) is 0 Å². The Bertz CT molecular complexity index is 788. The van der Waals surface area contributed by atoms with Crippen LogP contribution in [0, 0.1) is 3.70 Å². The number of halogens is 1. The van der Waals surface area contributed by atoms with Crippen LogP contribution in [0.2, 0.25) is 0 Å². The van der Waals surface area contributed by atoms with Gasteiger partial charge in [0.25, 0.3) is 0 Å². The standard InChI is InChI=1S/C6H4IN3.C6H5N3.2H2/c7-5-4-2-1-3-8-6(4)10-9-5;1-2-5-4-8-9-6(5)7-3-1;;/h1-3H,(H,8,9,10);1-4H,(H,7,8,9);2*1H/i;;1+1D;1+1.